The molecule has 1 aromatic rings. The molecule has 3 aliphatic rings. The van der Waals surface area contributed by atoms with Gasteiger partial charge in [-0.25, -0.2) is 4.79 Å². The van der Waals surface area contributed by atoms with Crippen molar-refractivity contribution in [3.63, 3.8) is 0 Å². The first-order chi connectivity index (χ1) is 12.1. The number of carbonyl (C=O) groups excluding carboxylic acids is 1. The summed E-state index contributed by atoms with van der Waals surface area (Å²) in [5.41, 5.74) is 1.31. The Kier molecular flexibility index (Phi) is 3.89. The Labute approximate surface area is 148 Å². The van der Waals surface area contributed by atoms with Crippen LogP contribution in [-0.2, 0) is 9.53 Å². The summed E-state index contributed by atoms with van der Waals surface area (Å²) in [6.45, 7) is 5.51. The zero-order valence-corrected chi connectivity index (χ0v) is 14.5. The Bertz CT molecular complexity index is 815. The Morgan fingerprint density at radius 3 is 2.92 bits per heavy atom. The van der Waals surface area contributed by atoms with Gasteiger partial charge in [0.2, 0.25) is 0 Å². The van der Waals surface area contributed by atoms with E-state index >= 15 is 0 Å². The monoisotopic (exact) mass is 335 g/mol. The lowest BCUT2D eigenvalue weighted by Crippen LogP contribution is -2.44. The number of hydrogen-bond donors (Lipinski definition) is 0. The first-order valence-electron chi connectivity index (χ1n) is 8.74. The third kappa shape index (κ3) is 2.56. The molecule has 0 amide bonds. The van der Waals surface area contributed by atoms with Crippen LogP contribution in [0.4, 0.5) is 0 Å². The molecular formula is C21H21NO3. The number of rotatable bonds is 3. The van der Waals surface area contributed by atoms with E-state index in [9.17, 15) is 4.79 Å². The highest BCUT2D eigenvalue weighted by molar-refractivity contribution is 5.90. The van der Waals surface area contributed by atoms with Gasteiger partial charge in [-0.1, -0.05) is 43.0 Å². The highest BCUT2D eigenvalue weighted by Gasteiger charge is 2.59. The van der Waals surface area contributed by atoms with Gasteiger partial charge in [0.1, 0.15) is 12.4 Å². The number of nitrogens with zero attached hydrogens (tertiary/aromatic N) is 1. The van der Waals surface area contributed by atoms with E-state index in [1.807, 2.05) is 30.3 Å². The predicted molar refractivity (Wildman–Crippen MR) is 94.9 cm³/mol. The summed E-state index contributed by atoms with van der Waals surface area (Å²) in [6, 6.07) is 10.1. The number of carbonyl (C=O) groups is 1. The van der Waals surface area contributed by atoms with Crippen molar-refractivity contribution in [3.8, 4) is 17.6 Å². The number of para-hydroxylation sites is 1. The van der Waals surface area contributed by atoms with Crippen LogP contribution >= 0.6 is 0 Å². The average Bonchev–Trinajstić information content (AvgIpc) is 3.07. The second-order valence-electron chi connectivity index (χ2n) is 6.63. The molecule has 2 bridgehead atoms. The summed E-state index contributed by atoms with van der Waals surface area (Å²) in [7, 11) is 0. The minimum absolute atomic E-state index is 0.163. The van der Waals surface area contributed by atoms with E-state index in [0.29, 0.717) is 6.61 Å². The molecule has 25 heavy (non-hydrogen) atoms. The first-order valence-corrected chi connectivity index (χ1v) is 8.74. The van der Waals surface area contributed by atoms with Gasteiger partial charge in [-0.3, -0.25) is 4.90 Å². The van der Waals surface area contributed by atoms with Crippen molar-refractivity contribution in [2.75, 3.05) is 13.2 Å². The fourth-order valence-corrected chi connectivity index (χ4v) is 4.25. The van der Waals surface area contributed by atoms with Crippen LogP contribution in [0.3, 0.4) is 0 Å². The van der Waals surface area contributed by atoms with Crippen LogP contribution in [0.5, 0.6) is 5.75 Å². The zero-order chi connectivity index (χ0) is 17.4. The summed E-state index contributed by atoms with van der Waals surface area (Å²) in [4.78, 5) is 14.4. The molecule has 1 saturated heterocycles. The molecule has 4 nitrogen and oxygen atoms in total. The molecule has 4 heteroatoms. The molecule has 1 fully saturated rings. The first kappa shape index (κ1) is 16.0. The predicted octanol–water partition coefficient (Wildman–Crippen LogP) is 2.71. The molecule has 0 saturated carbocycles. The highest BCUT2D eigenvalue weighted by atomic mass is 16.6. The molecule has 2 aliphatic heterocycles. The lowest BCUT2D eigenvalue weighted by atomic mass is 9.79. The Morgan fingerprint density at radius 1 is 1.36 bits per heavy atom. The quantitative estimate of drug-likeness (QED) is 0.629. The smallest absolute Gasteiger partial charge is 0.332 e. The summed E-state index contributed by atoms with van der Waals surface area (Å²) >= 11 is 0. The van der Waals surface area contributed by atoms with Crippen molar-refractivity contribution in [2.45, 2.75) is 38.0 Å². The number of benzene rings is 1. The molecule has 2 heterocycles. The van der Waals surface area contributed by atoms with Crippen molar-refractivity contribution in [1.29, 1.82) is 0 Å². The average molecular weight is 335 g/mol. The van der Waals surface area contributed by atoms with Crippen molar-refractivity contribution in [1.82, 2.24) is 4.90 Å². The van der Waals surface area contributed by atoms with E-state index in [1.54, 1.807) is 6.08 Å². The van der Waals surface area contributed by atoms with E-state index < -0.39 is 5.60 Å². The van der Waals surface area contributed by atoms with Gasteiger partial charge in [0.05, 0.1) is 6.04 Å². The molecule has 3 atom stereocenters. The molecule has 1 spiro atoms. The largest absolute Gasteiger partial charge is 0.481 e. The number of esters is 1. The standard InChI is InChI=1S/C21H21NO3/c1-3-22-15(2)21-14-17(22)12-16(19(21)13-20(23)25-21)8-7-11-24-18-9-5-4-6-10-18/h4-6,9-10,12-13,15,17H,3,11,14H2,1-2H3. The van der Waals surface area contributed by atoms with Gasteiger partial charge in [0.25, 0.3) is 0 Å². The minimum atomic E-state index is -0.531. The van der Waals surface area contributed by atoms with Crippen LogP contribution < -0.4 is 4.74 Å². The molecule has 3 unspecified atom stereocenters. The summed E-state index contributed by atoms with van der Waals surface area (Å²) in [5.74, 6) is 6.83. The van der Waals surface area contributed by atoms with Crippen LogP contribution in [0, 0.1) is 11.8 Å². The molecule has 0 aromatic heterocycles. The minimum Gasteiger partial charge on any atom is -0.481 e. The Hall–Kier alpha value is -2.51. The van der Waals surface area contributed by atoms with Gasteiger partial charge < -0.3 is 9.47 Å². The third-order valence-corrected chi connectivity index (χ3v) is 5.40. The summed E-state index contributed by atoms with van der Waals surface area (Å²) < 4.78 is 11.4. The molecule has 1 aromatic carbocycles. The second-order valence-corrected chi connectivity index (χ2v) is 6.63. The van der Waals surface area contributed by atoms with Crippen LogP contribution in [0.1, 0.15) is 20.3 Å². The molecule has 1 aliphatic carbocycles. The zero-order valence-electron chi connectivity index (χ0n) is 14.5. The maximum absolute atomic E-state index is 12.0. The fraction of sp³-hybridized carbons (Fsp3) is 0.381. The van der Waals surface area contributed by atoms with E-state index in [1.165, 1.54) is 0 Å². The van der Waals surface area contributed by atoms with Crippen molar-refractivity contribution in [2.24, 2.45) is 0 Å². The SMILES string of the molecule is CCN1C2C=C(C#CCOc3ccccc3)C3=CC(=O)OC3(C2)C1C. The molecule has 0 N–H and O–H groups in total. The van der Waals surface area contributed by atoms with Gasteiger partial charge in [0.15, 0.2) is 5.60 Å². The van der Waals surface area contributed by atoms with Crippen LogP contribution in [0.15, 0.2) is 53.6 Å². The molecule has 0 radical (unpaired) electrons. The lowest BCUT2D eigenvalue weighted by molar-refractivity contribution is -0.147. The van der Waals surface area contributed by atoms with Gasteiger partial charge in [0, 0.05) is 29.7 Å². The molecular weight excluding hydrogens is 314 g/mol. The van der Waals surface area contributed by atoms with Gasteiger partial charge in [-0.2, -0.15) is 0 Å². The van der Waals surface area contributed by atoms with E-state index in [-0.39, 0.29) is 18.1 Å². The topological polar surface area (TPSA) is 38.8 Å². The van der Waals surface area contributed by atoms with Gasteiger partial charge >= 0.3 is 5.97 Å². The van der Waals surface area contributed by atoms with E-state index in [0.717, 1.165) is 29.9 Å². The fourth-order valence-electron chi connectivity index (χ4n) is 4.25. The maximum atomic E-state index is 12.0. The number of fused-ring (bicyclic) bond motifs is 1. The Morgan fingerprint density at radius 2 is 2.16 bits per heavy atom. The third-order valence-electron chi connectivity index (χ3n) is 5.40. The number of ether oxygens (including phenoxy) is 2. The maximum Gasteiger partial charge on any atom is 0.332 e. The van der Waals surface area contributed by atoms with E-state index in [4.69, 9.17) is 9.47 Å². The van der Waals surface area contributed by atoms with Crippen molar-refractivity contribution < 1.29 is 14.3 Å². The van der Waals surface area contributed by atoms with Crippen LogP contribution in [0.25, 0.3) is 0 Å². The molecule has 128 valence electrons. The highest BCUT2D eigenvalue weighted by Crippen LogP contribution is 2.50. The summed E-state index contributed by atoms with van der Waals surface area (Å²) in [6.07, 6.45) is 4.62. The lowest BCUT2D eigenvalue weighted by Gasteiger charge is -2.32. The van der Waals surface area contributed by atoms with E-state index in [2.05, 4.69) is 36.7 Å². The van der Waals surface area contributed by atoms with Crippen molar-refractivity contribution >= 4 is 5.97 Å². The number of hydrogen-bond acceptors (Lipinski definition) is 4. The Balaban J connectivity index is 1.57. The number of likely N-dealkylation sites (tertiary alicyclic amines) is 1. The van der Waals surface area contributed by atoms with Gasteiger partial charge in [-0.05, 0) is 25.6 Å². The molecule has 4 rings (SSSR count). The summed E-state index contributed by atoms with van der Waals surface area (Å²) in [5, 5.41) is 0. The normalized spacial score (nSPS) is 29.9. The van der Waals surface area contributed by atoms with Crippen LogP contribution in [0.2, 0.25) is 0 Å². The van der Waals surface area contributed by atoms with Gasteiger partial charge in [-0.15, -0.1) is 0 Å². The van der Waals surface area contributed by atoms with Crippen molar-refractivity contribution in [3.05, 3.63) is 53.6 Å². The van der Waals surface area contributed by atoms with Crippen LogP contribution in [-0.4, -0.2) is 41.7 Å². The number of likely N-dealkylation sites (N-methyl/N-ethyl adjacent to an activating group) is 1. The second kappa shape index (κ2) is 6.09.